The van der Waals surface area contributed by atoms with Gasteiger partial charge in [0.15, 0.2) is 0 Å². The molecule has 0 bridgehead atoms. The number of ether oxygens (including phenoxy) is 1. The van der Waals surface area contributed by atoms with Crippen molar-refractivity contribution in [2.75, 3.05) is 17.2 Å². The van der Waals surface area contributed by atoms with Crippen molar-refractivity contribution in [1.82, 2.24) is 15.3 Å². The minimum atomic E-state index is -0.359. The number of carbonyl (C=O) groups excluding carboxylic acids is 1. The average molecular weight is 500 g/mol. The monoisotopic (exact) mass is 499 g/mol. The van der Waals surface area contributed by atoms with E-state index in [1.54, 1.807) is 12.3 Å². The zero-order valence-corrected chi connectivity index (χ0v) is 21.1. The maximum Gasteiger partial charge on any atom is 0.241 e. The van der Waals surface area contributed by atoms with E-state index in [0.29, 0.717) is 17.4 Å². The van der Waals surface area contributed by atoms with Crippen molar-refractivity contribution in [1.29, 1.82) is 0 Å². The molecular weight excluding hydrogens is 469 g/mol. The maximum absolute atomic E-state index is 14.0. The second kappa shape index (κ2) is 10.5. The number of benzene rings is 3. The molecule has 0 spiro atoms. The quantitative estimate of drug-likeness (QED) is 0.291. The minimum absolute atomic E-state index is 0.0300. The second-order valence-electron chi connectivity index (χ2n) is 9.54. The number of nitrogens with one attached hydrogen (secondary N) is 3. The summed E-state index contributed by atoms with van der Waals surface area (Å²) in [7, 11) is 0. The van der Waals surface area contributed by atoms with Gasteiger partial charge < -0.3 is 20.7 Å². The number of amides is 1. The second-order valence-corrected chi connectivity index (χ2v) is 9.54. The Hall–Kier alpha value is -4.04. The third kappa shape index (κ3) is 5.54. The minimum Gasteiger partial charge on any atom is -0.490 e. The largest absolute Gasteiger partial charge is 0.490 e. The molecule has 4 aromatic rings. The number of para-hydroxylation sites is 1. The van der Waals surface area contributed by atoms with Crippen LogP contribution in [0.4, 0.5) is 21.7 Å². The Morgan fingerprint density at radius 1 is 1.14 bits per heavy atom. The molecule has 1 atom stereocenters. The molecule has 1 fully saturated rings. The standard InChI is InChI=1S/C29H30FN5O2/c1-17(2)37-26-14-20(30)10-12-22(26)23-7-4-6-19-16-32-29(35-27(19)23)34-25-15-21(11-9-18(25)3)33-28(36)24-8-5-13-31-24/h4,6-7,9-12,14-17,24,31H,5,8,13H2,1-3H3,(H,33,36)(H,32,34,35)/t24-/m1/s1. The lowest BCUT2D eigenvalue weighted by atomic mass is 10.0. The first-order valence-corrected chi connectivity index (χ1v) is 12.5. The van der Waals surface area contributed by atoms with Gasteiger partial charge in [0.25, 0.3) is 0 Å². The molecule has 5 rings (SSSR count). The van der Waals surface area contributed by atoms with Crippen molar-refractivity contribution >= 4 is 34.1 Å². The first-order valence-electron chi connectivity index (χ1n) is 12.5. The van der Waals surface area contributed by atoms with Gasteiger partial charge in [-0.1, -0.05) is 24.3 Å². The molecule has 0 radical (unpaired) electrons. The summed E-state index contributed by atoms with van der Waals surface area (Å²) < 4.78 is 19.9. The average Bonchev–Trinajstić information content (AvgIpc) is 3.41. The molecule has 1 aliphatic rings. The summed E-state index contributed by atoms with van der Waals surface area (Å²) in [6.07, 6.45) is 3.49. The lowest BCUT2D eigenvalue weighted by Gasteiger charge is -2.16. The summed E-state index contributed by atoms with van der Waals surface area (Å²) in [5.74, 6) is 0.490. The lowest BCUT2D eigenvalue weighted by Crippen LogP contribution is -2.35. The van der Waals surface area contributed by atoms with Crippen LogP contribution in [-0.4, -0.2) is 34.6 Å². The Morgan fingerprint density at radius 2 is 2.00 bits per heavy atom. The number of aryl methyl sites for hydroxylation is 1. The van der Waals surface area contributed by atoms with Crippen LogP contribution in [0, 0.1) is 12.7 Å². The van der Waals surface area contributed by atoms with Gasteiger partial charge in [0.2, 0.25) is 11.9 Å². The van der Waals surface area contributed by atoms with E-state index >= 15 is 0 Å². The molecule has 8 heteroatoms. The van der Waals surface area contributed by atoms with Crippen LogP contribution in [0.25, 0.3) is 22.0 Å². The van der Waals surface area contributed by atoms with E-state index in [1.807, 2.05) is 57.2 Å². The molecular formula is C29H30FN5O2. The molecule has 1 aromatic heterocycles. The number of fused-ring (bicyclic) bond motifs is 1. The van der Waals surface area contributed by atoms with Crippen LogP contribution in [0.5, 0.6) is 5.75 Å². The molecule has 2 heterocycles. The number of hydrogen-bond donors (Lipinski definition) is 3. The number of aromatic nitrogens is 2. The lowest BCUT2D eigenvalue weighted by molar-refractivity contribution is -0.117. The molecule has 37 heavy (non-hydrogen) atoms. The van der Waals surface area contributed by atoms with Gasteiger partial charge in [-0.05, 0) is 70.0 Å². The molecule has 1 aliphatic heterocycles. The van der Waals surface area contributed by atoms with E-state index in [0.717, 1.165) is 52.7 Å². The fourth-order valence-corrected chi connectivity index (χ4v) is 4.50. The first-order chi connectivity index (χ1) is 17.9. The van der Waals surface area contributed by atoms with Crippen LogP contribution < -0.4 is 20.7 Å². The molecule has 0 aliphatic carbocycles. The molecule has 3 aromatic carbocycles. The third-order valence-corrected chi connectivity index (χ3v) is 6.34. The SMILES string of the molecule is Cc1ccc(NC(=O)[C@H]2CCCN2)cc1Nc1ncc2cccc(-c3ccc(F)cc3OC(C)C)c2n1. The van der Waals surface area contributed by atoms with Gasteiger partial charge in [0.1, 0.15) is 11.6 Å². The van der Waals surface area contributed by atoms with Crippen molar-refractivity contribution in [3.05, 3.63) is 72.2 Å². The summed E-state index contributed by atoms with van der Waals surface area (Å²) >= 11 is 0. The highest BCUT2D eigenvalue weighted by atomic mass is 19.1. The van der Waals surface area contributed by atoms with Crippen LogP contribution in [0.3, 0.4) is 0 Å². The number of carbonyl (C=O) groups is 1. The van der Waals surface area contributed by atoms with Gasteiger partial charge in [-0.3, -0.25) is 4.79 Å². The predicted molar refractivity (Wildman–Crippen MR) is 145 cm³/mol. The molecule has 0 unspecified atom stereocenters. The first kappa shape index (κ1) is 24.6. The Bertz CT molecular complexity index is 1450. The van der Waals surface area contributed by atoms with Crippen molar-refractivity contribution in [3.8, 4) is 16.9 Å². The molecule has 190 valence electrons. The van der Waals surface area contributed by atoms with E-state index in [1.165, 1.54) is 12.1 Å². The number of rotatable bonds is 7. The van der Waals surface area contributed by atoms with Gasteiger partial charge in [0.05, 0.1) is 17.7 Å². The molecule has 7 nitrogen and oxygen atoms in total. The van der Waals surface area contributed by atoms with Crippen molar-refractivity contribution < 1.29 is 13.9 Å². The van der Waals surface area contributed by atoms with E-state index in [2.05, 4.69) is 20.9 Å². The highest BCUT2D eigenvalue weighted by Crippen LogP contribution is 2.36. The van der Waals surface area contributed by atoms with Gasteiger partial charge in [-0.25, -0.2) is 14.4 Å². The van der Waals surface area contributed by atoms with Crippen LogP contribution >= 0.6 is 0 Å². The zero-order chi connectivity index (χ0) is 25.9. The summed E-state index contributed by atoms with van der Waals surface area (Å²) in [6, 6.07) is 15.9. The number of anilines is 3. The topological polar surface area (TPSA) is 88.2 Å². The zero-order valence-electron chi connectivity index (χ0n) is 21.1. The van der Waals surface area contributed by atoms with Crippen LogP contribution in [0.1, 0.15) is 32.3 Å². The Kier molecular flexibility index (Phi) is 7.01. The van der Waals surface area contributed by atoms with Crippen LogP contribution in [0.2, 0.25) is 0 Å². The third-order valence-electron chi connectivity index (χ3n) is 6.34. The Balaban J connectivity index is 1.47. The normalized spacial score (nSPS) is 15.2. The van der Waals surface area contributed by atoms with Crippen molar-refractivity contribution in [3.63, 3.8) is 0 Å². The molecule has 3 N–H and O–H groups in total. The van der Waals surface area contributed by atoms with E-state index < -0.39 is 0 Å². The molecule has 0 saturated carbocycles. The predicted octanol–water partition coefficient (Wildman–Crippen LogP) is 5.97. The van der Waals surface area contributed by atoms with Crippen LogP contribution in [-0.2, 0) is 4.79 Å². The van der Waals surface area contributed by atoms with Crippen molar-refractivity contribution in [2.24, 2.45) is 0 Å². The van der Waals surface area contributed by atoms with Crippen LogP contribution in [0.15, 0.2) is 60.8 Å². The summed E-state index contributed by atoms with van der Waals surface area (Å²) in [5, 5.41) is 10.4. The van der Waals surface area contributed by atoms with E-state index in [-0.39, 0.29) is 23.9 Å². The summed E-state index contributed by atoms with van der Waals surface area (Å²) in [5.41, 5.74) is 4.77. The van der Waals surface area contributed by atoms with Gasteiger partial charge in [-0.15, -0.1) is 0 Å². The van der Waals surface area contributed by atoms with E-state index in [9.17, 15) is 9.18 Å². The number of hydrogen-bond acceptors (Lipinski definition) is 6. The summed E-state index contributed by atoms with van der Waals surface area (Å²) in [4.78, 5) is 21.9. The number of halogens is 1. The highest BCUT2D eigenvalue weighted by Gasteiger charge is 2.22. The summed E-state index contributed by atoms with van der Waals surface area (Å²) in [6.45, 7) is 6.66. The smallest absolute Gasteiger partial charge is 0.241 e. The Morgan fingerprint density at radius 3 is 2.78 bits per heavy atom. The van der Waals surface area contributed by atoms with Gasteiger partial charge >= 0.3 is 0 Å². The maximum atomic E-state index is 14.0. The fraction of sp³-hybridized carbons (Fsp3) is 0.276. The molecule has 1 saturated heterocycles. The fourth-order valence-electron chi connectivity index (χ4n) is 4.50. The molecule has 1 amide bonds. The van der Waals surface area contributed by atoms with E-state index in [4.69, 9.17) is 9.72 Å². The van der Waals surface area contributed by atoms with Crippen molar-refractivity contribution in [2.45, 2.75) is 45.8 Å². The highest BCUT2D eigenvalue weighted by molar-refractivity contribution is 5.96. The van der Waals surface area contributed by atoms with Gasteiger partial charge in [-0.2, -0.15) is 0 Å². The number of nitrogens with zero attached hydrogens (tertiary/aromatic N) is 2. The van der Waals surface area contributed by atoms with Gasteiger partial charge in [0, 0.05) is 40.2 Å². The Labute approximate surface area is 215 Å².